The first-order valence-electron chi connectivity index (χ1n) is 11.0. The molecule has 1 aromatic carbocycles. The standard InChI is InChI=1S/C23H32N4O2S/c1-2-24-23(26-19-8-9-21-22(14-19)29-12-5-11-28-21)25-15-18-6-3-10-27(16-18)17-20-7-4-13-30-20/h4,7-9,13-14,18H,2-3,5-6,10-12,15-17H2,1H3,(H2,24,25,26). The summed E-state index contributed by atoms with van der Waals surface area (Å²) in [6.07, 6.45) is 3.40. The van der Waals surface area contributed by atoms with Crippen LogP contribution in [0.2, 0.25) is 0 Å². The van der Waals surface area contributed by atoms with Crippen molar-refractivity contribution in [2.45, 2.75) is 32.7 Å². The highest BCUT2D eigenvalue weighted by Gasteiger charge is 2.20. The predicted octanol–water partition coefficient (Wildman–Crippen LogP) is 4.20. The lowest BCUT2D eigenvalue weighted by Crippen LogP contribution is -2.37. The Labute approximate surface area is 183 Å². The monoisotopic (exact) mass is 428 g/mol. The van der Waals surface area contributed by atoms with Gasteiger partial charge in [0.1, 0.15) is 0 Å². The van der Waals surface area contributed by atoms with Crippen LogP contribution in [-0.2, 0) is 6.54 Å². The fourth-order valence-corrected chi connectivity index (χ4v) is 4.72. The van der Waals surface area contributed by atoms with E-state index >= 15 is 0 Å². The third-order valence-electron chi connectivity index (χ3n) is 5.42. The van der Waals surface area contributed by atoms with Crippen LogP contribution in [0.1, 0.15) is 31.1 Å². The number of hydrogen-bond acceptors (Lipinski definition) is 5. The fraction of sp³-hybridized carbons (Fsp3) is 0.522. The molecule has 3 heterocycles. The summed E-state index contributed by atoms with van der Waals surface area (Å²) in [6, 6.07) is 10.4. The first-order chi connectivity index (χ1) is 14.8. The molecule has 1 fully saturated rings. The largest absolute Gasteiger partial charge is 0.490 e. The quantitative estimate of drug-likeness (QED) is 0.533. The molecule has 1 atom stereocenters. The Morgan fingerprint density at radius 1 is 1.20 bits per heavy atom. The van der Waals surface area contributed by atoms with Crippen molar-refractivity contribution in [2.75, 3.05) is 44.7 Å². The van der Waals surface area contributed by atoms with Gasteiger partial charge >= 0.3 is 0 Å². The zero-order valence-corrected chi connectivity index (χ0v) is 18.5. The van der Waals surface area contributed by atoms with E-state index in [0.29, 0.717) is 19.1 Å². The minimum absolute atomic E-state index is 0.595. The molecular formula is C23H32N4O2S. The molecule has 7 heteroatoms. The zero-order valence-electron chi connectivity index (χ0n) is 17.7. The number of likely N-dealkylation sites (tertiary alicyclic amines) is 1. The molecule has 2 aliphatic heterocycles. The van der Waals surface area contributed by atoms with Gasteiger partial charge in [0.25, 0.3) is 0 Å². The minimum Gasteiger partial charge on any atom is -0.490 e. The molecule has 162 valence electrons. The molecule has 0 spiro atoms. The molecule has 0 bridgehead atoms. The van der Waals surface area contributed by atoms with Crippen LogP contribution in [0, 0.1) is 5.92 Å². The summed E-state index contributed by atoms with van der Waals surface area (Å²) in [6.45, 7) is 8.51. The molecule has 30 heavy (non-hydrogen) atoms. The third-order valence-corrected chi connectivity index (χ3v) is 6.29. The van der Waals surface area contributed by atoms with Crippen LogP contribution in [-0.4, -0.2) is 50.3 Å². The maximum absolute atomic E-state index is 5.81. The Kier molecular flexibility index (Phi) is 7.48. The highest BCUT2D eigenvalue weighted by molar-refractivity contribution is 7.09. The van der Waals surface area contributed by atoms with Crippen LogP contribution in [0.15, 0.2) is 40.7 Å². The molecule has 4 rings (SSSR count). The average molecular weight is 429 g/mol. The van der Waals surface area contributed by atoms with Gasteiger partial charge in [-0.05, 0) is 55.8 Å². The number of anilines is 1. The number of thiophene rings is 1. The van der Waals surface area contributed by atoms with Crippen molar-refractivity contribution in [3.63, 3.8) is 0 Å². The van der Waals surface area contributed by atoms with E-state index in [0.717, 1.165) is 55.7 Å². The Balaban J connectivity index is 1.36. The van der Waals surface area contributed by atoms with Crippen molar-refractivity contribution in [3.8, 4) is 11.5 Å². The summed E-state index contributed by atoms with van der Waals surface area (Å²) in [4.78, 5) is 8.91. The van der Waals surface area contributed by atoms with E-state index in [1.807, 2.05) is 29.5 Å². The van der Waals surface area contributed by atoms with E-state index in [4.69, 9.17) is 14.5 Å². The van der Waals surface area contributed by atoms with Gasteiger partial charge in [0.15, 0.2) is 17.5 Å². The molecule has 0 saturated carbocycles. The summed E-state index contributed by atoms with van der Waals surface area (Å²) in [5.41, 5.74) is 0.960. The molecule has 1 saturated heterocycles. The van der Waals surface area contributed by atoms with Crippen LogP contribution >= 0.6 is 11.3 Å². The number of ether oxygens (including phenoxy) is 2. The molecule has 1 unspecified atom stereocenters. The summed E-state index contributed by atoms with van der Waals surface area (Å²) < 4.78 is 11.5. The second kappa shape index (κ2) is 10.7. The van der Waals surface area contributed by atoms with Crippen molar-refractivity contribution >= 4 is 23.0 Å². The Morgan fingerprint density at radius 3 is 2.93 bits per heavy atom. The Hall–Kier alpha value is -2.25. The number of hydrogen-bond donors (Lipinski definition) is 2. The molecule has 2 N–H and O–H groups in total. The van der Waals surface area contributed by atoms with Gasteiger partial charge in [0.2, 0.25) is 0 Å². The van der Waals surface area contributed by atoms with Gasteiger partial charge in [-0.25, -0.2) is 0 Å². The van der Waals surface area contributed by atoms with Gasteiger partial charge in [-0.15, -0.1) is 11.3 Å². The molecule has 1 aromatic heterocycles. The fourth-order valence-electron chi connectivity index (χ4n) is 3.97. The van der Waals surface area contributed by atoms with Crippen LogP contribution in [0.3, 0.4) is 0 Å². The van der Waals surface area contributed by atoms with E-state index < -0.39 is 0 Å². The molecule has 6 nitrogen and oxygen atoms in total. The Morgan fingerprint density at radius 2 is 2.10 bits per heavy atom. The summed E-state index contributed by atoms with van der Waals surface area (Å²) in [5, 5.41) is 8.96. The first-order valence-corrected chi connectivity index (χ1v) is 11.9. The first kappa shape index (κ1) is 21.0. The minimum atomic E-state index is 0.595. The van der Waals surface area contributed by atoms with E-state index in [1.54, 1.807) is 0 Å². The highest BCUT2D eigenvalue weighted by Crippen LogP contribution is 2.32. The molecule has 0 aliphatic carbocycles. The number of aliphatic imine (C=N–C) groups is 1. The van der Waals surface area contributed by atoms with Gasteiger partial charge in [0.05, 0.1) is 13.2 Å². The number of nitrogens with zero attached hydrogens (tertiary/aromatic N) is 2. The molecule has 0 radical (unpaired) electrons. The zero-order chi connectivity index (χ0) is 20.6. The second-order valence-corrected chi connectivity index (χ2v) is 8.91. The molecular weight excluding hydrogens is 396 g/mol. The summed E-state index contributed by atoms with van der Waals surface area (Å²) in [7, 11) is 0. The van der Waals surface area contributed by atoms with E-state index in [9.17, 15) is 0 Å². The summed E-state index contributed by atoms with van der Waals surface area (Å²) in [5.74, 6) is 3.03. The lowest BCUT2D eigenvalue weighted by atomic mass is 9.98. The molecule has 2 aromatic rings. The number of rotatable bonds is 6. The lowest BCUT2D eigenvalue weighted by molar-refractivity contribution is 0.172. The van der Waals surface area contributed by atoms with Crippen molar-refractivity contribution in [1.29, 1.82) is 0 Å². The Bertz CT molecular complexity index is 825. The number of guanidine groups is 1. The van der Waals surface area contributed by atoms with E-state index in [1.165, 1.54) is 24.3 Å². The number of nitrogens with one attached hydrogen (secondary N) is 2. The SMILES string of the molecule is CCNC(=NCC1CCCN(Cc2cccs2)C1)Nc1ccc2c(c1)OCCCO2. The summed E-state index contributed by atoms with van der Waals surface area (Å²) >= 11 is 1.85. The van der Waals surface area contributed by atoms with Crippen molar-refractivity contribution < 1.29 is 9.47 Å². The topological polar surface area (TPSA) is 58.1 Å². The average Bonchev–Trinajstić information content (AvgIpc) is 3.15. The lowest BCUT2D eigenvalue weighted by Gasteiger charge is -2.31. The number of benzene rings is 1. The van der Waals surface area contributed by atoms with Crippen molar-refractivity contribution in [1.82, 2.24) is 10.2 Å². The number of fused-ring (bicyclic) bond motifs is 1. The smallest absolute Gasteiger partial charge is 0.195 e. The van der Waals surface area contributed by atoms with Crippen molar-refractivity contribution in [2.24, 2.45) is 10.9 Å². The second-order valence-electron chi connectivity index (χ2n) is 7.88. The third kappa shape index (κ3) is 5.89. The maximum Gasteiger partial charge on any atom is 0.195 e. The molecule has 2 aliphatic rings. The van der Waals surface area contributed by atoms with Crippen LogP contribution in [0.4, 0.5) is 5.69 Å². The van der Waals surface area contributed by atoms with Gasteiger partial charge < -0.3 is 20.1 Å². The highest BCUT2D eigenvalue weighted by atomic mass is 32.1. The molecule has 0 amide bonds. The van der Waals surface area contributed by atoms with Crippen molar-refractivity contribution in [3.05, 3.63) is 40.6 Å². The van der Waals surface area contributed by atoms with Gasteiger partial charge in [0, 0.05) is 49.2 Å². The van der Waals surface area contributed by atoms with E-state index in [2.05, 4.69) is 40.0 Å². The van der Waals surface area contributed by atoms with E-state index in [-0.39, 0.29) is 0 Å². The van der Waals surface area contributed by atoms with Crippen LogP contribution in [0.5, 0.6) is 11.5 Å². The normalized spacial score (nSPS) is 19.9. The number of piperidine rings is 1. The van der Waals surface area contributed by atoms with Crippen LogP contribution in [0.25, 0.3) is 0 Å². The van der Waals surface area contributed by atoms with Gasteiger partial charge in [-0.2, -0.15) is 0 Å². The van der Waals surface area contributed by atoms with Gasteiger partial charge in [-0.3, -0.25) is 9.89 Å². The maximum atomic E-state index is 5.81. The van der Waals surface area contributed by atoms with Gasteiger partial charge in [-0.1, -0.05) is 6.07 Å². The predicted molar refractivity (Wildman–Crippen MR) is 124 cm³/mol. The van der Waals surface area contributed by atoms with Crippen LogP contribution < -0.4 is 20.1 Å².